The number of rotatable bonds is 5. The number of ether oxygens (including phenoxy) is 1. The fraction of sp³-hybridized carbons (Fsp3) is 0.125. The summed E-state index contributed by atoms with van der Waals surface area (Å²) < 4.78 is 6.07. The van der Waals surface area contributed by atoms with E-state index in [9.17, 15) is 9.59 Å². The topological polar surface area (TPSA) is 58.6 Å². The van der Waals surface area contributed by atoms with Gasteiger partial charge in [-0.15, -0.1) is 0 Å². The van der Waals surface area contributed by atoms with E-state index in [0.717, 1.165) is 38.7 Å². The number of carbonyl (C=O) groups excluding carboxylic acids is 2. The minimum atomic E-state index is -0.391. The number of hydrazine groups is 1. The van der Waals surface area contributed by atoms with E-state index < -0.39 is 5.91 Å². The maximum Gasteiger partial charge on any atom is 0.285 e. The Labute approximate surface area is 190 Å². The van der Waals surface area contributed by atoms with E-state index in [4.69, 9.17) is 17.0 Å². The highest BCUT2D eigenvalue weighted by Gasteiger charge is 2.34. The van der Waals surface area contributed by atoms with Gasteiger partial charge in [-0.25, -0.2) is 0 Å². The molecule has 1 aliphatic rings. The molecule has 1 heterocycles. The second-order valence-electron chi connectivity index (χ2n) is 6.96. The second-order valence-corrected chi connectivity index (χ2v) is 8.63. The van der Waals surface area contributed by atoms with Crippen LogP contribution in [0.15, 0.2) is 65.6 Å². The van der Waals surface area contributed by atoms with Crippen LogP contribution in [0.25, 0.3) is 16.8 Å². The molecule has 1 N–H and O–H groups in total. The Hall–Kier alpha value is -3.16. The number of thioether (sulfide) groups is 1. The number of nitrogens with one attached hydrogen (secondary N) is 1. The molecule has 0 aliphatic carbocycles. The molecule has 0 unspecified atom stereocenters. The van der Waals surface area contributed by atoms with Gasteiger partial charge in [-0.05, 0) is 61.1 Å². The molecular formula is C24H20N2O3S2. The monoisotopic (exact) mass is 448 g/mol. The molecule has 0 atom stereocenters. The molecule has 4 rings (SSSR count). The van der Waals surface area contributed by atoms with Crippen LogP contribution in [0.3, 0.4) is 0 Å². The summed E-state index contributed by atoms with van der Waals surface area (Å²) >= 11 is 6.51. The summed E-state index contributed by atoms with van der Waals surface area (Å²) in [4.78, 5) is 26.0. The molecule has 1 fully saturated rings. The second kappa shape index (κ2) is 8.91. The van der Waals surface area contributed by atoms with Crippen LogP contribution in [0, 0.1) is 6.92 Å². The number of nitrogens with zero attached hydrogens (tertiary/aromatic N) is 1. The average Bonchev–Trinajstić information content (AvgIpc) is 3.03. The molecule has 156 valence electrons. The molecule has 0 bridgehead atoms. The molecule has 1 saturated heterocycles. The standard InChI is InChI=1S/C24H20N2O3S2/c1-3-29-20-13-12-16-6-4-5-7-18(16)19(20)14-21-23(28)26(24(30)31-21)25-22(27)17-10-8-15(2)9-11-17/h4-14H,3H2,1-2H3,(H,25,27)/b21-14+. The molecule has 1 aliphatic heterocycles. The van der Waals surface area contributed by atoms with Crippen LogP contribution in [0.2, 0.25) is 0 Å². The lowest BCUT2D eigenvalue weighted by Crippen LogP contribution is -2.44. The molecule has 3 aromatic rings. The van der Waals surface area contributed by atoms with E-state index in [1.807, 2.05) is 62.4 Å². The molecule has 0 spiro atoms. The number of carbonyl (C=O) groups is 2. The van der Waals surface area contributed by atoms with Gasteiger partial charge in [0, 0.05) is 11.1 Å². The van der Waals surface area contributed by atoms with Crippen molar-refractivity contribution in [1.29, 1.82) is 0 Å². The fourth-order valence-corrected chi connectivity index (χ4v) is 4.43. The van der Waals surface area contributed by atoms with Crippen molar-refractivity contribution in [3.63, 3.8) is 0 Å². The Morgan fingerprint density at radius 1 is 1.13 bits per heavy atom. The summed E-state index contributed by atoms with van der Waals surface area (Å²) in [7, 11) is 0. The lowest BCUT2D eigenvalue weighted by molar-refractivity contribution is -0.123. The van der Waals surface area contributed by atoms with Gasteiger partial charge in [0.05, 0.1) is 11.5 Å². The molecule has 0 saturated carbocycles. The third-order valence-corrected chi connectivity index (χ3v) is 6.13. The smallest absolute Gasteiger partial charge is 0.285 e. The Morgan fingerprint density at radius 3 is 2.61 bits per heavy atom. The number of hydrogen-bond acceptors (Lipinski definition) is 5. The summed E-state index contributed by atoms with van der Waals surface area (Å²) in [5.41, 5.74) is 4.93. The average molecular weight is 449 g/mol. The van der Waals surface area contributed by atoms with Crippen LogP contribution in [0.5, 0.6) is 5.75 Å². The molecule has 0 radical (unpaired) electrons. The predicted octanol–water partition coefficient (Wildman–Crippen LogP) is 5.09. The van der Waals surface area contributed by atoms with Crippen LogP contribution >= 0.6 is 24.0 Å². The molecule has 0 aromatic heterocycles. The van der Waals surface area contributed by atoms with Crippen molar-refractivity contribution in [3.05, 3.63) is 82.3 Å². The van der Waals surface area contributed by atoms with E-state index in [0.29, 0.717) is 22.8 Å². The predicted molar refractivity (Wildman–Crippen MR) is 129 cm³/mol. The molecule has 5 nitrogen and oxygen atoms in total. The maximum atomic E-state index is 13.0. The largest absolute Gasteiger partial charge is 0.493 e. The number of hydrogen-bond donors (Lipinski definition) is 1. The zero-order valence-electron chi connectivity index (χ0n) is 17.0. The quantitative estimate of drug-likeness (QED) is 0.435. The molecule has 7 heteroatoms. The summed E-state index contributed by atoms with van der Waals surface area (Å²) in [5, 5.41) is 3.14. The van der Waals surface area contributed by atoms with Crippen LogP contribution in [-0.2, 0) is 4.79 Å². The number of aryl methyl sites for hydroxylation is 1. The summed E-state index contributed by atoms with van der Waals surface area (Å²) in [5.74, 6) is -0.0706. The molecule has 3 aromatic carbocycles. The van der Waals surface area contributed by atoms with Crippen LogP contribution < -0.4 is 10.2 Å². The number of amides is 2. The van der Waals surface area contributed by atoms with Gasteiger partial charge < -0.3 is 4.74 Å². The molecule has 31 heavy (non-hydrogen) atoms. The van der Waals surface area contributed by atoms with Gasteiger partial charge in [-0.1, -0.05) is 59.8 Å². The minimum Gasteiger partial charge on any atom is -0.493 e. The van der Waals surface area contributed by atoms with Gasteiger partial charge in [0.1, 0.15) is 5.75 Å². The highest BCUT2D eigenvalue weighted by Crippen LogP contribution is 2.36. The zero-order valence-corrected chi connectivity index (χ0v) is 18.7. The Balaban J connectivity index is 1.65. The first-order chi connectivity index (χ1) is 15.0. The van der Waals surface area contributed by atoms with Crippen LogP contribution in [0.4, 0.5) is 0 Å². The molecular weight excluding hydrogens is 428 g/mol. The molecule has 2 amide bonds. The SMILES string of the molecule is CCOc1ccc2ccccc2c1/C=C1/SC(=S)N(NC(=O)c2ccc(C)cc2)C1=O. The van der Waals surface area contributed by atoms with Crippen LogP contribution in [-0.4, -0.2) is 27.8 Å². The van der Waals surface area contributed by atoms with E-state index in [2.05, 4.69) is 5.43 Å². The first-order valence-electron chi connectivity index (χ1n) is 9.78. The van der Waals surface area contributed by atoms with Crippen molar-refractivity contribution in [3.8, 4) is 5.75 Å². The fourth-order valence-electron chi connectivity index (χ4n) is 3.27. The summed E-state index contributed by atoms with van der Waals surface area (Å²) in [6, 6.07) is 18.9. The maximum absolute atomic E-state index is 13.0. The Bertz CT molecular complexity index is 1220. The Kier molecular flexibility index (Phi) is 6.06. The van der Waals surface area contributed by atoms with Crippen molar-refractivity contribution in [2.45, 2.75) is 13.8 Å². The lowest BCUT2D eigenvalue weighted by Gasteiger charge is -2.15. The van der Waals surface area contributed by atoms with Crippen molar-refractivity contribution < 1.29 is 14.3 Å². The lowest BCUT2D eigenvalue weighted by atomic mass is 10.0. The van der Waals surface area contributed by atoms with Gasteiger partial charge >= 0.3 is 0 Å². The van der Waals surface area contributed by atoms with Crippen LogP contribution in [0.1, 0.15) is 28.4 Å². The van der Waals surface area contributed by atoms with Gasteiger partial charge in [-0.2, -0.15) is 5.01 Å². The third kappa shape index (κ3) is 4.33. The van der Waals surface area contributed by atoms with Crippen molar-refractivity contribution in [2.24, 2.45) is 0 Å². The summed E-state index contributed by atoms with van der Waals surface area (Å²) in [6.07, 6.45) is 1.78. The highest BCUT2D eigenvalue weighted by atomic mass is 32.2. The Morgan fingerprint density at radius 2 is 1.87 bits per heavy atom. The number of thiocarbonyl (C=S) groups is 1. The zero-order chi connectivity index (χ0) is 22.0. The summed E-state index contributed by atoms with van der Waals surface area (Å²) in [6.45, 7) is 4.37. The van der Waals surface area contributed by atoms with Gasteiger partial charge in [0.15, 0.2) is 4.32 Å². The van der Waals surface area contributed by atoms with Crippen molar-refractivity contribution in [2.75, 3.05) is 6.61 Å². The van der Waals surface area contributed by atoms with E-state index in [1.165, 1.54) is 0 Å². The van der Waals surface area contributed by atoms with Gasteiger partial charge in [-0.3, -0.25) is 15.0 Å². The van der Waals surface area contributed by atoms with Crippen molar-refractivity contribution in [1.82, 2.24) is 10.4 Å². The van der Waals surface area contributed by atoms with Crippen molar-refractivity contribution >= 4 is 57.0 Å². The minimum absolute atomic E-state index is 0.273. The van der Waals surface area contributed by atoms with E-state index >= 15 is 0 Å². The number of benzene rings is 3. The van der Waals surface area contributed by atoms with E-state index in [1.54, 1.807) is 18.2 Å². The third-order valence-electron chi connectivity index (χ3n) is 4.83. The van der Waals surface area contributed by atoms with E-state index in [-0.39, 0.29) is 10.2 Å². The first-order valence-corrected chi connectivity index (χ1v) is 11.0. The van der Waals surface area contributed by atoms with Gasteiger partial charge in [0.25, 0.3) is 11.8 Å². The normalized spacial score (nSPS) is 15.0. The van der Waals surface area contributed by atoms with Gasteiger partial charge in [0.2, 0.25) is 0 Å². The number of fused-ring (bicyclic) bond motifs is 1. The first kappa shape index (κ1) is 21.1. The highest BCUT2D eigenvalue weighted by molar-refractivity contribution is 8.26.